The van der Waals surface area contributed by atoms with Crippen LogP contribution in [0.5, 0.6) is 17.2 Å². The standard InChI is InChI=1S/C16H20NO3P/c1-17-10-11-6-4-5-7-14(11)21-15-9-12(19-2)8-13(20-3)16(15)18/h4-9,17-18,21H,10H2,1-3H3. The molecule has 0 heterocycles. The van der Waals surface area contributed by atoms with Gasteiger partial charge in [-0.3, -0.25) is 0 Å². The van der Waals surface area contributed by atoms with Crippen molar-refractivity contribution in [3.63, 3.8) is 0 Å². The van der Waals surface area contributed by atoms with Crippen molar-refractivity contribution in [2.45, 2.75) is 6.54 Å². The molecule has 0 fully saturated rings. The summed E-state index contributed by atoms with van der Waals surface area (Å²) in [6, 6.07) is 11.7. The molecule has 0 spiro atoms. The van der Waals surface area contributed by atoms with Gasteiger partial charge in [-0.1, -0.05) is 32.8 Å². The van der Waals surface area contributed by atoms with Crippen molar-refractivity contribution in [1.29, 1.82) is 0 Å². The fourth-order valence-electron chi connectivity index (χ4n) is 2.08. The summed E-state index contributed by atoms with van der Waals surface area (Å²) in [5.74, 6) is 1.29. The summed E-state index contributed by atoms with van der Waals surface area (Å²) in [6.45, 7) is 0.797. The molecule has 0 aliphatic rings. The quantitative estimate of drug-likeness (QED) is 0.799. The van der Waals surface area contributed by atoms with Crippen LogP contribution in [0.3, 0.4) is 0 Å². The summed E-state index contributed by atoms with van der Waals surface area (Å²) in [4.78, 5) is 0. The van der Waals surface area contributed by atoms with Crippen LogP contribution in [0.4, 0.5) is 0 Å². The Morgan fingerprint density at radius 3 is 2.52 bits per heavy atom. The zero-order valence-electron chi connectivity index (χ0n) is 12.4. The van der Waals surface area contributed by atoms with E-state index in [2.05, 4.69) is 17.4 Å². The number of phenols is 1. The molecule has 0 aliphatic heterocycles. The molecule has 2 aromatic rings. The van der Waals surface area contributed by atoms with Crippen molar-refractivity contribution < 1.29 is 14.6 Å². The van der Waals surface area contributed by atoms with Crippen LogP contribution in [0.1, 0.15) is 5.56 Å². The lowest BCUT2D eigenvalue weighted by Crippen LogP contribution is -2.15. The number of hydrogen-bond donors (Lipinski definition) is 2. The zero-order valence-corrected chi connectivity index (χ0v) is 13.4. The van der Waals surface area contributed by atoms with Gasteiger partial charge in [-0.25, -0.2) is 0 Å². The van der Waals surface area contributed by atoms with E-state index < -0.39 is 0 Å². The molecule has 21 heavy (non-hydrogen) atoms. The largest absolute Gasteiger partial charge is 0.504 e. The first kappa shape index (κ1) is 15.6. The molecular formula is C16H20NO3P. The Labute approximate surface area is 126 Å². The molecule has 0 amide bonds. The summed E-state index contributed by atoms with van der Waals surface area (Å²) in [6.07, 6.45) is 0. The molecule has 1 atom stereocenters. The van der Waals surface area contributed by atoms with E-state index in [1.807, 2.05) is 25.2 Å². The number of methoxy groups -OCH3 is 2. The fraction of sp³-hybridized carbons (Fsp3) is 0.250. The van der Waals surface area contributed by atoms with Gasteiger partial charge in [0.1, 0.15) is 5.75 Å². The van der Waals surface area contributed by atoms with Gasteiger partial charge in [-0.2, -0.15) is 0 Å². The average Bonchev–Trinajstić information content (AvgIpc) is 2.51. The Kier molecular flexibility index (Phi) is 5.43. The molecule has 1 unspecified atom stereocenters. The highest BCUT2D eigenvalue weighted by Crippen LogP contribution is 2.33. The third kappa shape index (κ3) is 3.66. The maximum atomic E-state index is 10.3. The highest BCUT2D eigenvalue weighted by molar-refractivity contribution is 7.55. The van der Waals surface area contributed by atoms with E-state index in [1.54, 1.807) is 13.2 Å². The SMILES string of the molecule is CNCc1ccccc1Pc1cc(OC)cc(OC)c1O. The topological polar surface area (TPSA) is 50.7 Å². The van der Waals surface area contributed by atoms with E-state index in [-0.39, 0.29) is 5.75 Å². The summed E-state index contributed by atoms with van der Waals surface area (Å²) in [5.41, 5.74) is 1.22. The lowest BCUT2D eigenvalue weighted by molar-refractivity contribution is 0.366. The predicted octanol–water partition coefficient (Wildman–Crippen LogP) is 1.76. The number of ether oxygens (including phenoxy) is 2. The molecular weight excluding hydrogens is 285 g/mol. The number of phenolic OH excluding ortho intramolecular Hbond substituents is 1. The molecule has 112 valence electrons. The molecule has 0 radical (unpaired) electrons. The number of aromatic hydroxyl groups is 1. The first-order valence-corrected chi connectivity index (χ1v) is 7.64. The van der Waals surface area contributed by atoms with E-state index in [0.717, 1.165) is 11.8 Å². The van der Waals surface area contributed by atoms with Crippen LogP contribution < -0.4 is 25.4 Å². The van der Waals surface area contributed by atoms with Gasteiger partial charge in [-0.15, -0.1) is 0 Å². The summed E-state index contributed by atoms with van der Waals surface area (Å²) in [5, 5.41) is 15.5. The summed E-state index contributed by atoms with van der Waals surface area (Å²) >= 11 is 0. The van der Waals surface area contributed by atoms with Crippen LogP contribution in [0, 0.1) is 0 Å². The maximum absolute atomic E-state index is 10.3. The Balaban J connectivity index is 2.39. The molecule has 0 aliphatic carbocycles. The second-order valence-electron chi connectivity index (χ2n) is 4.54. The minimum atomic E-state index is 0.177. The molecule has 0 aromatic heterocycles. The van der Waals surface area contributed by atoms with E-state index in [0.29, 0.717) is 20.1 Å². The maximum Gasteiger partial charge on any atom is 0.165 e. The van der Waals surface area contributed by atoms with Crippen molar-refractivity contribution in [2.75, 3.05) is 21.3 Å². The van der Waals surface area contributed by atoms with Crippen molar-refractivity contribution in [3.05, 3.63) is 42.0 Å². The minimum Gasteiger partial charge on any atom is -0.504 e. The van der Waals surface area contributed by atoms with Gasteiger partial charge >= 0.3 is 0 Å². The number of benzene rings is 2. The van der Waals surface area contributed by atoms with E-state index >= 15 is 0 Å². The van der Waals surface area contributed by atoms with E-state index in [1.165, 1.54) is 18.0 Å². The highest BCUT2D eigenvalue weighted by Gasteiger charge is 2.13. The summed E-state index contributed by atoms with van der Waals surface area (Å²) < 4.78 is 10.5. The molecule has 5 heteroatoms. The third-order valence-electron chi connectivity index (χ3n) is 3.16. The first-order valence-electron chi connectivity index (χ1n) is 6.64. The number of rotatable bonds is 6. The third-order valence-corrected chi connectivity index (χ3v) is 4.57. The van der Waals surface area contributed by atoms with Crippen molar-refractivity contribution in [3.8, 4) is 17.2 Å². The van der Waals surface area contributed by atoms with Gasteiger partial charge in [0.05, 0.1) is 14.2 Å². The van der Waals surface area contributed by atoms with E-state index in [9.17, 15) is 5.11 Å². The Morgan fingerprint density at radius 1 is 1.10 bits per heavy atom. The van der Waals surface area contributed by atoms with Gasteiger partial charge < -0.3 is 19.9 Å². The van der Waals surface area contributed by atoms with Crippen LogP contribution in [0.25, 0.3) is 0 Å². The highest BCUT2D eigenvalue weighted by atomic mass is 31.1. The zero-order chi connectivity index (χ0) is 15.2. The normalized spacial score (nSPS) is 11.0. The van der Waals surface area contributed by atoms with Crippen LogP contribution >= 0.6 is 8.58 Å². The minimum absolute atomic E-state index is 0.177. The molecule has 4 nitrogen and oxygen atoms in total. The summed E-state index contributed by atoms with van der Waals surface area (Å²) in [7, 11) is 5.40. The molecule has 0 bridgehead atoms. The molecule has 0 saturated heterocycles. The monoisotopic (exact) mass is 305 g/mol. The molecule has 0 saturated carbocycles. The van der Waals surface area contributed by atoms with E-state index in [4.69, 9.17) is 9.47 Å². The van der Waals surface area contributed by atoms with Crippen LogP contribution in [0.2, 0.25) is 0 Å². The van der Waals surface area contributed by atoms with Crippen molar-refractivity contribution in [1.82, 2.24) is 5.32 Å². The first-order chi connectivity index (χ1) is 10.2. The second kappa shape index (κ2) is 7.30. The Bertz CT molecular complexity index is 616. The fourth-order valence-corrected chi connectivity index (χ4v) is 3.34. The van der Waals surface area contributed by atoms with Gasteiger partial charge in [0, 0.05) is 17.9 Å². The van der Waals surface area contributed by atoms with Crippen LogP contribution in [-0.4, -0.2) is 26.4 Å². The van der Waals surface area contributed by atoms with Crippen LogP contribution in [-0.2, 0) is 6.54 Å². The lowest BCUT2D eigenvalue weighted by atomic mass is 10.2. The van der Waals surface area contributed by atoms with Gasteiger partial charge in [0.15, 0.2) is 11.5 Å². The predicted molar refractivity (Wildman–Crippen MR) is 88.0 cm³/mol. The van der Waals surface area contributed by atoms with Gasteiger partial charge in [0.25, 0.3) is 0 Å². The average molecular weight is 305 g/mol. The van der Waals surface area contributed by atoms with Gasteiger partial charge in [0.2, 0.25) is 0 Å². The van der Waals surface area contributed by atoms with Crippen molar-refractivity contribution >= 4 is 19.2 Å². The Hall–Kier alpha value is -1.77. The van der Waals surface area contributed by atoms with Crippen LogP contribution in [0.15, 0.2) is 36.4 Å². The van der Waals surface area contributed by atoms with Gasteiger partial charge in [-0.05, 0) is 24.0 Å². The Morgan fingerprint density at radius 2 is 1.86 bits per heavy atom. The second-order valence-corrected chi connectivity index (χ2v) is 5.87. The molecule has 2 N–H and O–H groups in total. The lowest BCUT2D eigenvalue weighted by Gasteiger charge is -2.14. The molecule has 2 aromatic carbocycles. The smallest absolute Gasteiger partial charge is 0.165 e. The van der Waals surface area contributed by atoms with Crippen molar-refractivity contribution in [2.24, 2.45) is 0 Å². The number of hydrogen-bond acceptors (Lipinski definition) is 4. The number of nitrogens with one attached hydrogen (secondary N) is 1. The molecule has 2 rings (SSSR count).